The van der Waals surface area contributed by atoms with Crippen molar-refractivity contribution in [3.8, 4) is 0 Å². The van der Waals surface area contributed by atoms with Gasteiger partial charge in [0.05, 0.1) is 5.56 Å². The fourth-order valence-corrected chi connectivity index (χ4v) is 3.08. The molecule has 0 spiro atoms. The Morgan fingerprint density at radius 2 is 1.95 bits per heavy atom. The summed E-state index contributed by atoms with van der Waals surface area (Å²) in [7, 11) is 0. The van der Waals surface area contributed by atoms with Gasteiger partial charge in [-0.25, -0.2) is 4.79 Å². The second-order valence-electron chi connectivity index (χ2n) is 5.65. The summed E-state index contributed by atoms with van der Waals surface area (Å²) in [6.07, 6.45) is 1.14. The summed E-state index contributed by atoms with van der Waals surface area (Å²) < 4.78 is 0. The Bertz CT molecular complexity index is 652. The maximum atomic E-state index is 11.1. The summed E-state index contributed by atoms with van der Waals surface area (Å²) in [5.41, 5.74) is 3.72. The number of carboxylic acid groups (broad SMARTS) is 1. The summed E-state index contributed by atoms with van der Waals surface area (Å²) in [5, 5.41) is 9.10. The van der Waals surface area contributed by atoms with Crippen molar-refractivity contribution in [2.24, 2.45) is 0 Å². The number of carboxylic acids is 1. The average molecular weight is 281 g/mol. The molecule has 108 valence electrons. The Morgan fingerprint density at radius 1 is 1.19 bits per heavy atom. The first-order valence-corrected chi connectivity index (χ1v) is 7.29. The molecule has 3 rings (SSSR count). The first-order chi connectivity index (χ1) is 10.1. The summed E-state index contributed by atoms with van der Waals surface area (Å²) in [4.78, 5) is 13.4. The molecular formula is C18H19NO2. The minimum atomic E-state index is -0.859. The highest BCUT2D eigenvalue weighted by atomic mass is 16.4. The van der Waals surface area contributed by atoms with E-state index < -0.39 is 5.97 Å². The lowest BCUT2D eigenvalue weighted by atomic mass is 9.99. The van der Waals surface area contributed by atoms with E-state index in [0.29, 0.717) is 11.5 Å². The first-order valence-electron chi connectivity index (χ1n) is 7.29. The van der Waals surface area contributed by atoms with Crippen LogP contribution in [0.5, 0.6) is 0 Å². The maximum Gasteiger partial charge on any atom is 0.335 e. The zero-order valence-corrected chi connectivity index (χ0v) is 12.1. The van der Waals surface area contributed by atoms with E-state index in [0.717, 1.165) is 30.8 Å². The van der Waals surface area contributed by atoms with Crippen LogP contribution in [-0.2, 0) is 0 Å². The van der Waals surface area contributed by atoms with Crippen LogP contribution >= 0.6 is 0 Å². The van der Waals surface area contributed by atoms with Crippen LogP contribution in [0, 0.1) is 6.92 Å². The zero-order chi connectivity index (χ0) is 14.8. The van der Waals surface area contributed by atoms with Crippen LogP contribution in [0.3, 0.4) is 0 Å². The SMILES string of the molecule is Cc1cc(N2CCC(c3ccccc3)C2)ccc1C(=O)O. The van der Waals surface area contributed by atoms with E-state index in [1.807, 2.05) is 25.1 Å². The molecule has 0 saturated carbocycles. The van der Waals surface area contributed by atoms with Crippen molar-refractivity contribution in [2.45, 2.75) is 19.3 Å². The minimum Gasteiger partial charge on any atom is -0.478 e. The molecule has 0 bridgehead atoms. The zero-order valence-electron chi connectivity index (χ0n) is 12.1. The van der Waals surface area contributed by atoms with Gasteiger partial charge in [-0.1, -0.05) is 30.3 Å². The monoisotopic (exact) mass is 281 g/mol. The van der Waals surface area contributed by atoms with Gasteiger partial charge in [-0.3, -0.25) is 0 Å². The van der Waals surface area contributed by atoms with Crippen LogP contribution in [-0.4, -0.2) is 24.2 Å². The molecule has 0 amide bonds. The van der Waals surface area contributed by atoms with E-state index in [1.165, 1.54) is 5.56 Å². The van der Waals surface area contributed by atoms with Crippen molar-refractivity contribution in [3.63, 3.8) is 0 Å². The average Bonchev–Trinajstić information content (AvgIpc) is 2.97. The third-order valence-corrected chi connectivity index (χ3v) is 4.26. The van der Waals surface area contributed by atoms with E-state index in [1.54, 1.807) is 6.07 Å². The predicted octanol–water partition coefficient (Wildman–Crippen LogP) is 3.69. The highest BCUT2D eigenvalue weighted by molar-refractivity contribution is 5.89. The van der Waals surface area contributed by atoms with Crippen LogP contribution in [0.15, 0.2) is 48.5 Å². The second-order valence-corrected chi connectivity index (χ2v) is 5.65. The molecule has 1 atom stereocenters. The lowest BCUT2D eigenvalue weighted by Gasteiger charge is -2.20. The fourth-order valence-electron chi connectivity index (χ4n) is 3.08. The predicted molar refractivity (Wildman–Crippen MR) is 84.2 cm³/mol. The molecule has 1 heterocycles. The smallest absolute Gasteiger partial charge is 0.335 e. The van der Waals surface area contributed by atoms with Gasteiger partial charge in [-0.2, -0.15) is 0 Å². The number of aryl methyl sites for hydroxylation is 1. The molecule has 1 N–H and O–H groups in total. The van der Waals surface area contributed by atoms with Gasteiger partial charge in [0.1, 0.15) is 0 Å². The third-order valence-electron chi connectivity index (χ3n) is 4.26. The van der Waals surface area contributed by atoms with Gasteiger partial charge in [0.25, 0.3) is 0 Å². The number of carbonyl (C=O) groups is 1. The second kappa shape index (κ2) is 5.60. The lowest BCUT2D eigenvalue weighted by Crippen LogP contribution is -2.19. The van der Waals surface area contributed by atoms with Gasteiger partial charge in [-0.05, 0) is 42.7 Å². The molecule has 1 fully saturated rings. The van der Waals surface area contributed by atoms with Crippen molar-refractivity contribution in [2.75, 3.05) is 18.0 Å². The van der Waals surface area contributed by atoms with Crippen molar-refractivity contribution in [3.05, 3.63) is 65.2 Å². The molecule has 21 heavy (non-hydrogen) atoms. The summed E-state index contributed by atoms with van der Waals surface area (Å²) >= 11 is 0. The Labute approximate surface area is 124 Å². The summed E-state index contributed by atoms with van der Waals surface area (Å²) in [5.74, 6) is -0.298. The molecule has 1 saturated heterocycles. The van der Waals surface area contributed by atoms with Gasteiger partial charge >= 0.3 is 5.97 Å². The molecule has 2 aromatic rings. The molecule has 0 aromatic heterocycles. The lowest BCUT2D eigenvalue weighted by molar-refractivity contribution is 0.0696. The Kier molecular flexibility index (Phi) is 3.65. The number of rotatable bonds is 3. The highest BCUT2D eigenvalue weighted by Crippen LogP contribution is 2.31. The normalized spacial score (nSPS) is 18.0. The van der Waals surface area contributed by atoms with E-state index >= 15 is 0 Å². The molecule has 1 aliphatic rings. The highest BCUT2D eigenvalue weighted by Gasteiger charge is 2.24. The fraction of sp³-hybridized carbons (Fsp3) is 0.278. The minimum absolute atomic E-state index is 0.387. The van der Waals surface area contributed by atoms with Gasteiger partial charge in [-0.15, -0.1) is 0 Å². The Balaban J connectivity index is 1.77. The molecule has 0 radical (unpaired) electrons. The van der Waals surface area contributed by atoms with Crippen LogP contribution in [0.2, 0.25) is 0 Å². The van der Waals surface area contributed by atoms with E-state index in [2.05, 4.69) is 29.2 Å². The van der Waals surface area contributed by atoms with Crippen molar-refractivity contribution in [1.29, 1.82) is 0 Å². The molecule has 1 aliphatic heterocycles. The van der Waals surface area contributed by atoms with Gasteiger partial charge in [0.2, 0.25) is 0 Å². The van der Waals surface area contributed by atoms with E-state index in [4.69, 9.17) is 5.11 Å². The molecule has 1 unspecified atom stereocenters. The first kappa shape index (κ1) is 13.7. The van der Waals surface area contributed by atoms with Gasteiger partial charge < -0.3 is 10.0 Å². The molecule has 2 aromatic carbocycles. The molecule has 3 heteroatoms. The number of anilines is 1. The number of aromatic carboxylic acids is 1. The van der Waals surface area contributed by atoms with Crippen molar-refractivity contribution >= 4 is 11.7 Å². The van der Waals surface area contributed by atoms with E-state index in [9.17, 15) is 4.79 Å². The van der Waals surface area contributed by atoms with Crippen LogP contribution in [0.25, 0.3) is 0 Å². The Hall–Kier alpha value is -2.29. The van der Waals surface area contributed by atoms with E-state index in [-0.39, 0.29) is 0 Å². The van der Waals surface area contributed by atoms with Crippen molar-refractivity contribution < 1.29 is 9.90 Å². The van der Waals surface area contributed by atoms with Crippen molar-refractivity contribution in [1.82, 2.24) is 0 Å². The summed E-state index contributed by atoms with van der Waals surface area (Å²) in [6.45, 7) is 3.87. The van der Waals surface area contributed by atoms with Gasteiger partial charge in [0.15, 0.2) is 0 Å². The maximum absolute atomic E-state index is 11.1. The van der Waals surface area contributed by atoms with Crippen LogP contribution < -0.4 is 4.90 Å². The Morgan fingerprint density at radius 3 is 2.62 bits per heavy atom. The van der Waals surface area contributed by atoms with Crippen LogP contribution in [0.4, 0.5) is 5.69 Å². The number of hydrogen-bond acceptors (Lipinski definition) is 2. The largest absolute Gasteiger partial charge is 0.478 e. The topological polar surface area (TPSA) is 40.5 Å². The number of hydrogen-bond donors (Lipinski definition) is 1. The standard InChI is InChI=1S/C18H19NO2/c1-13-11-16(7-8-17(13)18(20)21)19-10-9-15(12-19)14-5-3-2-4-6-14/h2-8,11,15H,9-10,12H2,1H3,(H,20,21). The molecule has 0 aliphatic carbocycles. The van der Waals surface area contributed by atoms with Gasteiger partial charge in [0, 0.05) is 24.7 Å². The summed E-state index contributed by atoms with van der Waals surface area (Å²) in [6, 6.07) is 16.2. The molecular weight excluding hydrogens is 262 g/mol. The number of nitrogens with zero attached hydrogens (tertiary/aromatic N) is 1. The third kappa shape index (κ3) is 2.77. The van der Waals surface area contributed by atoms with Crippen LogP contribution in [0.1, 0.15) is 33.8 Å². The quantitative estimate of drug-likeness (QED) is 0.932. The molecule has 3 nitrogen and oxygen atoms in total. The number of benzene rings is 2.